The molecule has 4 aromatic rings. The molecule has 3 aromatic carbocycles. The lowest BCUT2D eigenvalue weighted by Gasteiger charge is -2.25. The van der Waals surface area contributed by atoms with Crippen molar-refractivity contribution in [3.05, 3.63) is 95.4 Å². The molecule has 2 aliphatic carbocycles. The fourth-order valence-electron chi connectivity index (χ4n) is 6.59. The lowest BCUT2D eigenvalue weighted by molar-refractivity contribution is 0.420. The molecule has 1 aliphatic heterocycles. The second kappa shape index (κ2) is 7.73. The predicted molar refractivity (Wildman–Crippen MR) is 138 cm³/mol. The molecule has 0 N–H and O–H groups in total. The molecule has 3 fully saturated rings. The van der Waals surface area contributed by atoms with Gasteiger partial charge in [0.2, 0.25) is 10.0 Å². The average Bonchev–Trinajstić information content (AvgIpc) is 3.70. The molecule has 0 radical (unpaired) electrons. The molecular weight excluding hydrogens is 473 g/mol. The Labute approximate surface area is 210 Å². The maximum atomic E-state index is 13.5. The van der Waals surface area contributed by atoms with Crippen LogP contribution in [0.2, 0.25) is 0 Å². The van der Waals surface area contributed by atoms with E-state index in [1.165, 1.54) is 23.3 Å². The van der Waals surface area contributed by atoms with Gasteiger partial charge in [-0.25, -0.2) is 21.8 Å². The summed E-state index contributed by atoms with van der Waals surface area (Å²) in [7, 11) is -3.26. The van der Waals surface area contributed by atoms with Gasteiger partial charge >= 0.3 is 0 Å². The molecule has 0 spiro atoms. The predicted octanol–water partition coefficient (Wildman–Crippen LogP) is 5.18. The molecule has 5 nitrogen and oxygen atoms in total. The van der Waals surface area contributed by atoms with Crippen LogP contribution < -0.4 is 0 Å². The lowest BCUT2D eigenvalue weighted by atomic mass is 9.87. The zero-order valence-corrected chi connectivity index (χ0v) is 21.0. The second-order valence-electron chi connectivity index (χ2n) is 10.8. The number of fused-ring (bicyclic) bond motifs is 2. The number of aromatic nitrogens is 2. The van der Waals surface area contributed by atoms with Gasteiger partial charge in [-0.1, -0.05) is 30.3 Å². The number of hydrogen-bond donors (Lipinski definition) is 0. The first kappa shape index (κ1) is 22.2. The Morgan fingerprint density at radius 3 is 2.53 bits per heavy atom. The summed E-state index contributed by atoms with van der Waals surface area (Å²) in [4.78, 5) is 0. The summed E-state index contributed by atoms with van der Waals surface area (Å²) in [6, 6.07) is 21.2. The third-order valence-corrected chi connectivity index (χ3v) is 10.5. The van der Waals surface area contributed by atoms with Gasteiger partial charge in [0, 0.05) is 29.8 Å². The van der Waals surface area contributed by atoms with Crippen molar-refractivity contribution in [2.45, 2.75) is 31.1 Å². The van der Waals surface area contributed by atoms with Crippen LogP contribution in [0.3, 0.4) is 0 Å². The Hall–Kier alpha value is -3.03. The zero-order valence-electron chi connectivity index (χ0n) is 20.1. The maximum absolute atomic E-state index is 13.5. The molecule has 36 heavy (non-hydrogen) atoms. The molecule has 7 heteroatoms. The molecule has 0 bridgehead atoms. The summed E-state index contributed by atoms with van der Waals surface area (Å²) in [6.07, 6.45) is 3.91. The van der Waals surface area contributed by atoms with Crippen molar-refractivity contribution < 1.29 is 12.8 Å². The molecular formula is C29H28FN3O2S. The summed E-state index contributed by atoms with van der Waals surface area (Å²) >= 11 is 0. The minimum Gasteiger partial charge on any atom is -0.233 e. The number of halogens is 1. The Balaban J connectivity index is 1.31. The minimum absolute atomic E-state index is 0.228. The topological polar surface area (TPSA) is 55.2 Å². The highest BCUT2D eigenvalue weighted by atomic mass is 32.2. The quantitative estimate of drug-likeness (QED) is 0.366. The van der Waals surface area contributed by atoms with Crippen molar-refractivity contribution in [2.75, 3.05) is 18.8 Å². The highest BCUT2D eigenvalue weighted by Crippen LogP contribution is 2.70. The van der Waals surface area contributed by atoms with Gasteiger partial charge in [0.1, 0.15) is 5.82 Å². The van der Waals surface area contributed by atoms with Crippen molar-refractivity contribution in [1.82, 2.24) is 14.1 Å². The Bertz CT molecular complexity index is 1580. The normalized spacial score (nSPS) is 25.8. The summed E-state index contributed by atoms with van der Waals surface area (Å²) in [5.74, 6) is 0.908. The molecule has 3 aliphatic rings. The fourth-order valence-corrected chi connectivity index (χ4v) is 8.53. The van der Waals surface area contributed by atoms with Gasteiger partial charge in [-0.05, 0) is 84.7 Å². The SMILES string of the molecule is Cc1cc2c(cnn2-c2ccc(F)cc2)cc1[C@]12CN(S(=O)(=O)CC3CC3)C[C@H]1[C@@H]2c1ccccc1. The number of hydrogen-bond acceptors (Lipinski definition) is 3. The standard InChI is InChI=1S/C29H28FN3O2S/c1-19-13-27-22(15-31-33(27)24-11-9-23(30)10-12-24)14-25(19)29-18-32(36(34,35)17-20-7-8-20)16-26(29)28(29)21-5-3-2-4-6-21/h2-6,9-15,20,26,28H,7-8,16-18H2,1H3/t26-,28-,29+/m0/s1. The van der Waals surface area contributed by atoms with E-state index in [1.54, 1.807) is 16.4 Å². The summed E-state index contributed by atoms with van der Waals surface area (Å²) in [6.45, 7) is 3.23. The number of benzene rings is 3. The van der Waals surface area contributed by atoms with Gasteiger partial charge in [-0.2, -0.15) is 5.10 Å². The summed E-state index contributed by atoms with van der Waals surface area (Å²) < 4.78 is 43.5. The molecule has 1 aromatic heterocycles. The van der Waals surface area contributed by atoms with Crippen LogP contribution in [-0.2, 0) is 15.4 Å². The van der Waals surface area contributed by atoms with E-state index in [-0.39, 0.29) is 22.9 Å². The van der Waals surface area contributed by atoms with Crippen LogP contribution in [0.15, 0.2) is 72.9 Å². The van der Waals surface area contributed by atoms with Crippen LogP contribution in [0, 0.1) is 24.6 Å². The van der Waals surface area contributed by atoms with E-state index in [0.717, 1.165) is 35.0 Å². The number of rotatable bonds is 6. The van der Waals surface area contributed by atoms with E-state index in [0.29, 0.717) is 24.9 Å². The second-order valence-corrected chi connectivity index (χ2v) is 12.8. The van der Waals surface area contributed by atoms with Crippen LogP contribution in [0.5, 0.6) is 0 Å². The van der Waals surface area contributed by atoms with Crippen molar-refractivity contribution in [3.8, 4) is 5.69 Å². The van der Waals surface area contributed by atoms with Gasteiger partial charge in [-0.15, -0.1) is 0 Å². The van der Waals surface area contributed by atoms with Crippen molar-refractivity contribution in [1.29, 1.82) is 0 Å². The number of nitrogens with zero attached hydrogens (tertiary/aromatic N) is 3. The van der Waals surface area contributed by atoms with E-state index in [1.807, 2.05) is 16.9 Å². The summed E-state index contributed by atoms with van der Waals surface area (Å²) in [5.41, 5.74) is 5.18. The van der Waals surface area contributed by atoms with E-state index >= 15 is 0 Å². The Kier molecular flexibility index (Phi) is 4.77. The molecule has 0 unspecified atom stereocenters. The molecule has 2 saturated carbocycles. The largest absolute Gasteiger partial charge is 0.233 e. The van der Waals surface area contributed by atoms with Crippen molar-refractivity contribution in [2.24, 2.45) is 11.8 Å². The van der Waals surface area contributed by atoms with Crippen LogP contribution in [0.25, 0.3) is 16.6 Å². The molecule has 7 rings (SSSR count). The van der Waals surface area contributed by atoms with Gasteiger partial charge in [0.25, 0.3) is 0 Å². The van der Waals surface area contributed by atoms with Crippen molar-refractivity contribution in [3.63, 3.8) is 0 Å². The third kappa shape index (κ3) is 3.36. The third-order valence-electron chi connectivity index (χ3n) is 8.53. The average molecular weight is 502 g/mol. The van der Waals surface area contributed by atoms with Crippen LogP contribution in [0.4, 0.5) is 4.39 Å². The van der Waals surface area contributed by atoms with Crippen LogP contribution in [0.1, 0.15) is 35.4 Å². The molecule has 2 heterocycles. The van der Waals surface area contributed by atoms with E-state index in [2.05, 4.69) is 48.4 Å². The van der Waals surface area contributed by atoms with Gasteiger partial charge < -0.3 is 0 Å². The number of piperidine rings is 1. The zero-order chi connectivity index (χ0) is 24.7. The van der Waals surface area contributed by atoms with E-state index < -0.39 is 10.0 Å². The summed E-state index contributed by atoms with van der Waals surface area (Å²) in [5, 5.41) is 5.60. The van der Waals surface area contributed by atoms with E-state index in [9.17, 15) is 12.8 Å². The number of aryl methyl sites for hydroxylation is 1. The highest BCUT2D eigenvalue weighted by molar-refractivity contribution is 7.89. The lowest BCUT2D eigenvalue weighted by Crippen LogP contribution is -2.36. The minimum atomic E-state index is -3.26. The van der Waals surface area contributed by atoms with Crippen LogP contribution in [-0.4, -0.2) is 41.3 Å². The fraction of sp³-hybridized carbons (Fsp3) is 0.345. The van der Waals surface area contributed by atoms with Gasteiger partial charge in [0.05, 0.1) is 23.2 Å². The highest BCUT2D eigenvalue weighted by Gasteiger charge is 2.71. The first-order valence-corrected chi connectivity index (χ1v) is 14.3. The Morgan fingerprint density at radius 2 is 1.81 bits per heavy atom. The first-order valence-electron chi connectivity index (χ1n) is 12.6. The van der Waals surface area contributed by atoms with Crippen molar-refractivity contribution >= 4 is 20.9 Å². The monoisotopic (exact) mass is 501 g/mol. The molecule has 0 amide bonds. The van der Waals surface area contributed by atoms with E-state index in [4.69, 9.17) is 0 Å². The molecule has 184 valence electrons. The smallest absolute Gasteiger partial charge is 0.214 e. The van der Waals surface area contributed by atoms with Gasteiger partial charge in [-0.3, -0.25) is 0 Å². The first-order chi connectivity index (χ1) is 17.4. The van der Waals surface area contributed by atoms with Gasteiger partial charge in [0.15, 0.2) is 0 Å². The molecule has 3 atom stereocenters. The molecule has 1 saturated heterocycles. The number of sulfonamides is 1. The van der Waals surface area contributed by atoms with Crippen LogP contribution >= 0.6 is 0 Å². The Morgan fingerprint density at radius 1 is 1.06 bits per heavy atom. The maximum Gasteiger partial charge on any atom is 0.214 e.